The Kier molecular flexibility index (Phi) is 3.27. The summed E-state index contributed by atoms with van der Waals surface area (Å²) in [6.07, 6.45) is 0. The highest BCUT2D eigenvalue weighted by atomic mass is 16.4. The van der Waals surface area contributed by atoms with Gasteiger partial charge < -0.3 is 10.1 Å². The lowest BCUT2D eigenvalue weighted by Gasteiger charge is -2.10. The fourth-order valence-corrected chi connectivity index (χ4v) is 1.44. The molecule has 1 aromatic heterocycles. The summed E-state index contributed by atoms with van der Waals surface area (Å²) in [5, 5.41) is 8.98. The van der Waals surface area contributed by atoms with E-state index in [9.17, 15) is 14.4 Å². The van der Waals surface area contributed by atoms with E-state index in [1.54, 1.807) is 13.8 Å². The third-order valence-electron chi connectivity index (χ3n) is 2.26. The van der Waals surface area contributed by atoms with Crippen molar-refractivity contribution in [2.24, 2.45) is 0 Å². The average molecular weight is 223 g/mol. The van der Waals surface area contributed by atoms with E-state index in [0.717, 1.165) is 6.07 Å². The van der Waals surface area contributed by atoms with Crippen LogP contribution >= 0.6 is 0 Å². The lowest BCUT2D eigenvalue weighted by Crippen LogP contribution is -2.21. The van der Waals surface area contributed by atoms with Gasteiger partial charge in [-0.05, 0) is 18.9 Å². The third kappa shape index (κ3) is 2.18. The Labute approximate surface area is 92.1 Å². The number of carbonyl (C=O) groups excluding carboxylic acids is 1. The lowest BCUT2D eigenvalue weighted by atomic mass is 10.0. The number of ketones is 1. The normalized spacial score (nSPS) is 10.5. The highest BCUT2D eigenvalue weighted by Gasteiger charge is 2.18. The molecule has 5 heteroatoms. The first-order valence-corrected chi connectivity index (χ1v) is 4.86. The maximum atomic E-state index is 11.5. The second kappa shape index (κ2) is 4.30. The van der Waals surface area contributed by atoms with Gasteiger partial charge >= 0.3 is 5.97 Å². The van der Waals surface area contributed by atoms with Crippen LogP contribution in [0.4, 0.5) is 0 Å². The number of carboxylic acids is 1. The van der Waals surface area contributed by atoms with E-state index < -0.39 is 17.3 Å². The molecule has 0 bridgehead atoms. The SMILES string of the molecule is CC(=O)c1cc(C(=O)O)c(C(C)C)[nH]c1=O. The Bertz CT molecular complexity index is 499. The van der Waals surface area contributed by atoms with Crippen molar-refractivity contribution < 1.29 is 14.7 Å². The number of Topliss-reactive ketones (excluding diaryl/α,β-unsaturated/α-hetero) is 1. The van der Waals surface area contributed by atoms with Crippen LogP contribution in [0.5, 0.6) is 0 Å². The van der Waals surface area contributed by atoms with Crippen LogP contribution in [0, 0.1) is 0 Å². The number of nitrogens with one attached hydrogen (secondary N) is 1. The zero-order chi connectivity index (χ0) is 12.5. The van der Waals surface area contributed by atoms with E-state index in [0.29, 0.717) is 5.69 Å². The minimum atomic E-state index is -1.15. The number of carbonyl (C=O) groups is 2. The minimum Gasteiger partial charge on any atom is -0.478 e. The molecular formula is C11H13NO4. The first-order valence-electron chi connectivity index (χ1n) is 4.86. The van der Waals surface area contributed by atoms with Crippen LogP contribution in [0.25, 0.3) is 0 Å². The molecule has 86 valence electrons. The predicted molar refractivity (Wildman–Crippen MR) is 58.1 cm³/mol. The number of rotatable bonds is 3. The molecule has 0 saturated carbocycles. The van der Waals surface area contributed by atoms with Gasteiger partial charge in [0.1, 0.15) is 0 Å². The van der Waals surface area contributed by atoms with Crippen molar-refractivity contribution in [3.8, 4) is 0 Å². The minimum absolute atomic E-state index is 0.0280. The van der Waals surface area contributed by atoms with Crippen molar-refractivity contribution in [3.63, 3.8) is 0 Å². The van der Waals surface area contributed by atoms with Gasteiger partial charge in [0, 0.05) is 5.69 Å². The molecular weight excluding hydrogens is 210 g/mol. The van der Waals surface area contributed by atoms with Crippen LogP contribution in [-0.4, -0.2) is 21.8 Å². The molecule has 1 aromatic rings. The molecule has 5 nitrogen and oxygen atoms in total. The maximum Gasteiger partial charge on any atom is 0.337 e. The van der Waals surface area contributed by atoms with Crippen LogP contribution in [0.1, 0.15) is 53.1 Å². The number of hydrogen-bond acceptors (Lipinski definition) is 3. The highest BCUT2D eigenvalue weighted by molar-refractivity contribution is 5.97. The number of aromatic amines is 1. The number of hydrogen-bond donors (Lipinski definition) is 2. The summed E-state index contributed by atoms with van der Waals surface area (Å²) >= 11 is 0. The van der Waals surface area contributed by atoms with Crippen molar-refractivity contribution in [2.45, 2.75) is 26.7 Å². The summed E-state index contributed by atoms with van der Waals surface area (Å²) in [5.74, 6) is -1.72. The number of aromatic nitrogens is 1. The fourth-order valence-electron chi connectivity index (χ4n) is 1.44. The smallest absolute Gasteiger partial charge is 0.337 e. The number of carboxylic acid groups (broad SMARTS) is 1. The van der Waals surface area contributed by atoms with E-state index in [1.165, 1.54) is 6.92 Å². The Morgan fingerprint density at radius 1 is 1.31 bits per heavy atom. The predicted octanol–water partition coefficient (Wildman–Crippen LogP) is 1.40. The largest absolute Gasteiger partial charge is 0.478 e. The molecule has 0 fully saturated rings. The van der Waals surface area contributed by atoms with Gasteiger partial charge in [0.2, 0.25) is 0 Å². The summed E-state index contributed by atoms with van der Waals surface area (Å²) in [7, 11) is 0. The van der Waals surface area contributed by atoms with Crippen molar-refractivity contribution >= 4 is 11.8 Å². The molecule has 0 aliphatic carbocycles. The van der Waals surface area contributed by atoms with Gasteiger partial charge in [-0.2, -0.15) is 0 Å². The maximum absolute atomic E-state index is 11.5. The van der Waals surface area contributed by atoms with Gasteiger partial charge in [-0.3, -0.25) is 9.59 Å². The Morgan fingerprint density at radius 2 is 1.88 bits per heavy atom. The summed E-state index contributed by atoms with van der Waals surface area (Å²) in [6, 6.07) is 1.14. The van der Waals surface area contributed by atoms with Crippen molar-refractivity contribution in [1.82, 2.24) is 4.98 Å². The Morgan fingerprint density at radius 3 is 2.25 bits per heavy atom. The summed E-state index contributed by atoms with van der Waals surface area (Å²) in [6.45, 7) is 4.77. The molecule has 0 amide bonds. The molecule has 1 heterocycles. The monoisotopic (exact) mass is 223 g/mol. The van der Waals surface area contributed by atoms with Gasteiger partial charge in [0.15, 0.2) is 5.78 Å². The number of H-pyrrole nitrogens is 1. The van der Waals surface area contributed by atoms with Crippen LogP contribution in [0.3, 0.4) is 0 Å². The molecule has 0 atom stereocenters. The molecule has 0 aromatic carbocycles. The van der Waals surface area contributed by atoms with E-state index in [2.05, 4.69) is 4.98 Å². The summed E-state index contributed by atoms with van der Waals surface area (Å²) < 4.78 is 0. The van der Waals surface area contributed by atoms with Gasteiger partial charge in [0.05, 0.1) is 11.1 Å². The molecule has 16 heavy (non-hydrogen) atoms. The molecule has 0 aliphatic rings. The van der Waals surface area contributed by atoms with E-state index in [-0.39, 0.29) is 17.0 Å². The van der Waals surface area contributed by atoms with Crippen LogP contribution in [0.2, 0.25) is 0 Å². The first kappa shape index (κ1) is 12.2. The van der Waals surface area contributed by atoms with Crippen molar-refractivity contribution in [1.29, 1.82) is 0 Å². The Balaban J connectivity index is 3.56. The molecule has 0 spiro atoms. The molecule has 0 radical (unpaired) electrons. The molecule has 1 rings (SSSR count). The van der Waals surface area contributed by atoms with Gasteiger partial charge in [0.25, 0.3) is 5.56 Å². The summed E-state index contributed by atoms with van der Waals surface area (Å²) in [4.78, 5) is 36.0. The second-order valence-corrected chi connectivity index (χ2v) is 3.86. The average Bonchev–Trinajstić information content (AvgIpc) is 2.15. The van der Waals surface area contributed by atoms with E-state index in [1.807, 2.05) is 0 Å². The molecule has 0 aliphatic heterocycles. The quantitative estimate of drug-likeness (QED) is 0.758. The zero-order valence-electron chi connectivity index (χ0n) is 9.33. The van der Waals surface area contributed by atoms with Crippen LogP contribution in [-0.2, 0) is 0 Å². The highest BCUT2D eigenvalue weighted by Crippen LogP contribution is 2.16. The molecule has 0 unspecified atom stereocenters. The Hall–Kier alpha value is -1.91. The number of pyridine rings is 1. The second-order valence-electron chi connectivity index (χ2n) is 3.86. The van der Waals surface area contributed by atoms with Gasteiger partial charge in [-0.1, -0.05) is 13.8 Å². The van der Waals surface area contributed by atoms with Crippen LogP contribution in [0.15, 0.2) is 10.9 Å². The zero-order valence-corrected chi connectivity index (χ0v) is 9.33. The first-order chi connectivity index (χ1) is 7.34. The third-order valence-corrected chi connectivity index (χ3v) is 2.26. The van der Waals surface area contributed by atoms with E-state index in [4.69, 9.17) is 5.11 Å². The van der Waals surface area contributed by atoms with Crippen LogP contribution < -0.4 is 5.56 Å². The fraction of sp³-hybridized carbons (Fsp3) is 0.364. The summed E-state index contributed by atoms with van der Waals surface area (Å²) in [5.41, 5.74) is -0.356. The van der Waals surface area contributed by atoms with E-state index >= 15 is 0 Å². The topological polar surface area (TPSA) is 87.2 Å². The molecule has 2 N–H and O–H groups in total. The lowest BCUT2D eigenvalue weighted by molar-refractivity contribution is 0.0694. The van der Waals surface area contributed by atoms with Crippen molar-refractivity contribution in [2.75, 3.05) is 0 Å². The number of aromatic carboxylic acids is 1. The molecule has 0 saturated heterocycles. The standard InChI is InChI=1S/C11H13NO4/c1-5(2)9-8(11(15)16)4-7(6(3)13)10(14)12-9/h4-5H,1-3H3,(H,12,14)(H,15,16). The van der Waals surface area contributed by atoms with Crippen molar-refractivity contribution in [3.05, 3.63) is 33.2 Å². The van der Waals surface area contributed by atoms with Gasteiger partial charge in [-0.25, -0.2) is 4.79 Å². The van der Waals surface area contributed by atoms with Gasteiger partial charge in [-0.15, -0.1) is 0 Å².